The average Bonchev–Trinajstić information content (AvgIpc) is 2.47. The molecule has 0 saturated carbocycles. The predicted molar refractivity (Wildman–Crippen MR) is 81.3 cm³/mol. The molecule has 0 bridgehead atoms. The molecule has 3 atom stereocenters. The number of rotatable bonds is 6. The van der Waals surface area contributed by atoms with Gasteiger partial charge in [-0.2, -0.15) is 0 Å². The third-order valence-electron chi connectivity index (χ3n) is 5.09. The number of carbonyl (C=O) groups excluding carboxylic acids is 2. The second-order valence-electron chi connectivity index (χ2n) is 6.04. The molecule has 0 aromatic rings. The fourth-order valence-corrected chi connectivity index (χ4v) is 3.16. The lowest BCUT2D eigenvalue weighted by Crippen LogP contribution is -2.73. The Hall–Kier alpha value is -1.06. The number of nitrogens with zero attached hydrogens (tertiary/aromatic N) is 1. The number of hydrogen-bond donors (Lipinski definition) is 1. The van der Waals surface area contributed by atoms with Crippen molar-refractivity contribution in [2.45, 2.75) is 84.8 Å². The van der Waals surface area contributed by atoms with Gasteiger partial charge in [-0.05, 0) is 32.1 Å². The van der Waals surface area contributed by atoms with E-state index in [1.165, 1.54) is 0 Å². The summed E-state index contributed by atoms with van der Waals surface area (Å²) in [6.45, 7) is 12.2. The van der Waals surface area contributed by atoms with Crippen LogP contribution in [0.15, 0.2) is 0 Å². The molecule has 1 fully saturated rings. The van der Waals surface area contributed by atoms with E-state index in [0.717, 1.165) is 12.8 Å². The monoisotopic (exact) mass is 282 g/mol. The molecule has 1 heterocycles. The smallest absolute Gasteiger partial charge is 0.246 e. The lowest BCUT2D eigenvalue weighted by molar-refractivity contribution is -0.163. The summed E-state index contributed by atoms with van der Waals surface area (Å²) < 4.78 is 0. The van der Waals surface area contributed by atoms with Crippen LogP contribution in [0.5, 0.6) is 0 Å². The van der Waals surface area contributed by atoms with Crippen LogP contribution >= 0.6 is 0 Å². The Kier molecular flexibility index (Phi) is 5.60. The van der Waals surface area contributed by atoms with Gasteiger partial charge in [0.1, 0.15) is 11.6 Å². The summed E-state index contributed by atoms with van der Waals surface area (Å²) in [5.41, 5.74) is -0.670. The van der Waals surface area contributed by atoms with Crippen LogP contribution in [0.2, 0.25) is 0 Å². The Labute approximate surface area is 123 Å². The lowest BCUT2D eigenvalue weighted by atomic mass is 9.82. The van der Waals surface area contributed by atoms with E-state index in [-0.39, 0.29) is 29.8 Å². The maximum absolute atomic E-state index is 12.9. The fraction of sp³-hybridized carbons (Fsp3) is 0.875. The number of carbonyl (C=O) groups is 2. The van der Waals surface area contributed by atoms with Gasteiger partial charge in [0.2, 0.25) is 11.8 Å². The Morgan fingerprint density at radius 2 is 1.65 bits per heavy atom. The summed E-state index contributed by atoms with van der Waals surface area (Å²) in [5, 5.41) is 2.99. The first-order valence-electron chi connectivity index (χ1n) is 8.03. The average molecular weight is 282 g/mol. The SMILES string of the molecule is CCC(C)C1NC(=O)C(CC)(CC)N(C(C)CC)C1=O. The normalized spacial score (nSPS) is 25.3. The molecule has 4 nitrogen and oxygen atoms in total. The summed E-state index contributed by atoms with van der Waals surface area (Å²) in [6, 6.07) is -0.271. The van der Waals surface area contributed by atoms with Crippen LogP contribution in [-0.4, -0.2) is 34.3 Å². The molecule has 4 heteroatoms. The van der Waals surface area contributed by atoms with Gasteiger partial charge in [-0.15, -0.1) is 0 Å². The molecule has 116 valence electrons. The second-order valence-corrected chi connectivity index (χ2v) is 6.04. The van der Waals surface area contributed by atoms with Gasteiger partial charge >= 0.3 is 0 Å². The Bertz CT molecular complexity index is 363. The molecule has 0 aromatic heterocycles. The molecule has 20 heavy (non-hydrogen) atoms. The minimum atomic E-state index is -0.670. The van der Waals surface area contributed by atoms with Crippen molar-refractivity contribution in [1.82, 2.24) is 10.2 Å². The summed E-state index contributed by atoms with van der Waals surface area (Å²) in [7, 11) is 0. The van der Waals surface area contributed by atoms with Crippen molar-refractivity contribution in [2.75, 3.05) is 0 Å². The van der Waals surface area contributed by atoms with Crippen LogP contribution in [0.3, 0.4) is 0 Å². The van der Waals surface area contributed by atoms with E-state index in [9.17, 15) is 9.59 Å². The highest BCUT2D eigenvalue weighted by atomic mass is 16.2. The molecule has 0 spiro atoms. The van der Waals surface area contributed by atoms with Gasteiger partial charge < -0.3 is 10.2 Å². The van der Waals surface area contributed by atoms with Gasteiger partial charge in [0, 0.05) is 6.04 Å². The molecular weight excluding hydrogens is 252 g/mol. The Morgan fingerprint density at radius 3 is 2.05 bits per heavy atom. The highest BCUT2D eigenvalue weighted by Crippen LogP contribution is 2.33. The molecule has 0 aliphatic carbocycles. The highest BCUT2D eigenvalue weighted by molar-refractivity contribution is 6.00. The standard InChI is InChI=1S/C16H30N2O2/c1-7-11(5)13-14(19)18(12(6)8-2)16(9-3,10-4)15(20)17-13/h11-13H,7-10H2,1-6H3,(H,17,20). The van der Waals surface area contributed by atoms with E-state index in [1.54, 1.807) is 0 Å². The van der Waals surface area contributed by atoms with Crippen LogP contribution in [0.25, 0.3) is 0 Å². The van der Waals surface area contributed by atoms with Crippen molar-refractivity contribution in [1.29, 1.82) is 0 Å². The highest BCUT2D eigenvalue weighted by Gasteiger charge is 2.52. The van der Waals surface area contributed by atoms with Gasteiger partial charge in [-0.1, -0.05) is 41.0 Å². The van der Waals surface area contributed by atoms with Gasteiger partial charge in [0.05, 0.1) is 0 Å². The van der Waals surface area contributed by atoms with Crippen molar-refractivity contribution < 1.29 is 9.59 Å². The first-order valence-corrected chi connectivity index (χ1v) is 8.03. The maximum Gasteiger partial charge on any atom is 0.246 e. The molecule has 1 N–H and O–H groups in total. The summed E-state index contributed by atoms with van der Waals surface area (Å²) in [6.07, 6.45) is 3.08. The first-order chi connectivity index (χ1) is 9.39. The molecule has 1 rings (SSSR count). The van der Waals surface area contributed by atoms with E-state index < -0.39 is 5.54 Å². The molecule has 1 aliphatic heterocycles. The predicted octanol–water partition coefficient (Wildman–Crippen LogP) is 2.72. The fourth-order valence-electron chi connectivity index (χ4n) is 3.16. The van der Waals surface area contributed by atoms with E-state index in [2.05, 4.69) is 19.2 Å². The zero-order valence-corrected chi connectivity index (χ0v) is 13.8. The number of nitrogens with one attached hydrogen (secondary N) is 1. The minimum absolute atomic E-state index is 0.0210. The van der Waals surface area contributed by atoms with Crippen LogP contribution in [0.4, 0.5) is 0 Å². The Balaban J connectivity index is 3.24. The van der Waals surface area contributed by atoms with Crippen LogP contribution in [-0.2, 0) is 9.59 Å². The van der Waals surface area contributed by atoms with E-state index in [0.29, 0.717) is 12.8 Å². The van der Waals surface area contributed by atoms with E-state index in [1.807, 2.05) is 32.6 Å². The Morgan fingerprint density at radius 1 is 1.10 bits per heavy atom. The lowest BCUT2D eigenvalue weighted by Gasteiger charge is -2.51. The summed E-state index contributed by atoms with van der Waals surface area (Å²) in [5.74, 6) is 0.286. The molecule has 0 aromatic carbocycles. The maximum atomic E-state index is 12.9. The second kappa shape index (κ2) is 6.59. The topological polar surface area (TPSA) is 49.4 Å². The van der Waals surface area contributed by atoms with Gasteiger partial charge in [0.15, 0.2) is 0 Å². The van der Waals surface area contributed by atoms with Crippen LogP contribution < -0.4 is 5.32 Å². The molecule has 3 unspecified atom stereocenters. The third-order valence-corrected chi connectivity index (χ3v) is 5.09. The minimum Gasteiger partial charge on any atom is -0.342 e. The number of amides is 2. The zero-order chi connectivity index (χ0) is 15.5. The van der Waals surface area contributed by atoms with Gasteiger partial charge in [-0.25, -0.2) is 0 Å². The zero-order valence-electron chi connectivity index (χ0n) is 13.8. The van der Waals surface area contributed by atoms with Crippen molar-refractivity contribution in [3.63, 3.8) is 0 Å². The van der Waals surface area contributed by atoms with Crippen molar-refractivity contribution in [3.05, 3.63) is 0 Å². The van der Waals surface area contributed by atoms with Crippen molar-refractivity contribution in [3.8, 4) is 0 Å². The van der Waals surface area contributed by atoms with Crippen LogP contribution in [0.1, 0.15) is 67.2 Å². The largest absolute Gasteiger partial charge is 0.342 e. The van der Waals surface area contributed by atoms with Gasteiger partial charge in [-0.3, -0.25) is 9.59 Å². The first kappa shape index (κ1) is 17.0. The quantitative estimate of drug-likeness (QED) is 0.814. The number of hydrogen-bond acceptors (Lipinski definition) is 2. The molecule has 2 amide bonds. The van der Waals surface area contributed by atoms with Crippen LogP contribution in [0, 0.1) is 5.92 Å². The molecule has 1 aliphatic rings. The summed E-state index contributed by atoms with van der Waals surface area (Å²) in [4.78, 5) is 27.5. The molecule has 1 saturated heterocycles. The molecular formula is C16H30N2O2. The summed E-state index contributed by atoms with van der Waals surface area (Å²) >= 11 is 0. The molecule has 0 radical (unpaired) electrons. The van der Waals surface area contributed by atoms with E-state index in [4.69, 9.17) is 0 Å². The van der Waals surface area contributed by atoms with Crippen molar-refractivity contribution >= 4 is 11.8 Å². The van der Waals surface area contributed by atoms with E-state index >= 15 is 0 Å². The van der Waals surface area contributed by atoms with Crippen molar-refractivity contribution in [2.24, 2.45) is 5.92 Å². The number of piperazine rings is 1. The van der Waals surface area contributed by atoms with Gasteiger partial charge in [0.25, 0.3) is 0 Å². The third kappa shape index (κ3) is 2.57.